The summed E-state index contributed by atoms with van der Waals surface area (Å²) in [6.07, 6.45) is 4.30. The van der Waals surface area contributed by atoms with Crippen LogP contribution in [0.1, 0.15) is 46.8 Å². The predicted molar refractivity (Wildman–Crippen MR) is 92.9 cm³/mol. The van der Waals surface area contributed by atoms with Crippen molar-refractivity contribution in [2.24, 2.45) is 11.8 Å². The Balaban J connectivity index is 1.40. The number of aromatic nitrogens is 1. The quantitative estimate of drug-likeness (QED) is 0.786. The molecule has 1 N–H and O–H groups in total. The van der Waals surface area contributed by atoms with Gasteiger partial charge in [-0.05, 0) is 43.0 Å². The van der Waals surface area contributed by atoms with Crippen LogP contribution in [0, 0.1) is 11.8 Å². The summed E-state index contributed by atoms with van der Waals surface area (Å²) < 4.78 is 5.31. The average Bonchev–Trinajstić information content (AvgIpc) is 3.53. The highest BCUT2D eigenvalue weighted by Gasteiger charge is 2.34. The molecule has 0 unspecified atom stereocenters. The van der Waals surface area contributed by atoms with E-state index in [0.29, 0.717) is 31.3 Å². The lowest BCUT2D eigenvalue weighted by atomic mass is 10.2. The molecule has 2 aliphatic rings. The molecule has 0 radical (unpaired) electrons. The molecule has 2 aromatic heterocycles. The van der Waals surface area contributed by atoms with Gasteiger partial charge in [-0.2, -0.15) is 0 Å². The lowest BCUT2D eigenvalue weighted by Gasteiger charge is -2.20. The van der Waals surface area contributed by atoms with Gasteiger partial charge in [0.1, 0.15) is 0 Å². The van der Waals surface area contributed by atoms with Crippen molar-refractivity contribution in [1.82, 2.24) is 15.4 Å². The molecule has 2 aromatic rings. The van der Waals surface area contributed by atoms with Gasteiger partial charge >= 0.3 is 0 Å². The van der Waals surface area contributed by atoms with Crippen LogP contribution in [0.25, 0.3) is 0 Å². The number of nitrogens with one attached hydrogen (secondary N) is 1. The lowest BCUT2D eigenvalue weighted by molar-refractivity contribution is -0.134. The number of carbonyl (C=O) groups is 2. The van der Waals surface area contributed by atoms with E-state index in [1.165, 1.54) is 12.8 Å². The van der Waals surface area contributed by atoms with E-state index in [1.54, 1.807) is 22.3 Å². The first-order valence-corrected chi connectivity index (χ1v) is 9.62. The maximum Gasteiger partial charge on any atom is 0.273 e. The van der Waals surface area contributed by atoms with Crippen LogP contribution in [0.3, 0.4) is 0 Å². The van der Waals surface area contributed by atoms with Crippen LogP contribution in [0.2, 0.25) is 0 Å². The van der Waals surface area contributed by atoms with Gasteiger partial charge in [-0.15, -0.1) is 11.3 Å². The summed E-state index contributed by atoms with van der Waals surface area (Å²) in [5, 5.41) is 8.74. The minimum absolute atomic E-state index is 0.143. The summed E-state index contributed by atoms with van der Waals surface area (Å²) in [6.45, 7) is 1.61. The lowest BCUT2D eigenvalue weighted by Crippen LogP contribution is -2.30. The molecule has 2 fully saturated rings. The first kappa shape index (κ1) is 16.3. The smallest absolute Gasteiger partial charge is 0.273 e. The third-order valence-electron chi connectivity index (χ3n) is 4.55. The molecule has 0 aliphatic heterocycles. The van der Waals surface area contributed by atoms with E-state index >= 15 is 0 Å². The van der Waals surface area contributed by atoms with Crippen LogP contribution < -0.4 is 5.32 Å². The highest BCUT2D eigenvalue weighted by Crippen LogP contribution is 2.32. The van der Waals surface area contributed by atoms with E-state index in [2.05, 4.69) is 10.5 Å². The second-order valence-electron chi connectivity index (χ2n) is 6.88. The Morgan fingerprint density at radius 3 is 2.80 bits per heavy atom. The van der Waals surface area contributed by atoms with Crippen molar-refractivity contribution in [2.45, 2.75) is 38.8 Å². The molecule has 132 valence electrons. The van der Waals surface area contributed by atoms with Crippen molar-refractivity contribution in [3.8, 4) is 0 Å². The molecule has 0 bridgehead atoms. The maximum atomic E-state index is 12.6. The molecule has 2 heterocycles. The number of carbonyl (C=O) groups excluding carboxylic acids is 2. The Bertz CT molecular complexity index is 747. The third kappa shape index (κ3) is 4.28. The topological polar surface area (TPSA) is 75.4 Å². The summed E-state index contributed by atoms with van der Waals surface area (Å²) in [7, 11) is 0. The number of rotatable bonds is 8. The van der Waals surface area contributed by atoms with E-state index in [9.17, 15) is 9.59 Å². The zero-order valence-corrected chi connectivity index (χ0v) is 14.8. The van der Waals surface area contributed by atoms with Gasteiger partial charge in [-0.1, -0.05) is 11.2 Å². The van der Waals surface area contributed by atoms with Gasteiger partial charge in [-0.25, -0.2) is 0 Å². The van der Waals surface area contributed by atoms with Crippen LogP contribution >= 0.6 is 11.3 Å². The fraction of sp³-hybridized carbons (Fsp3) is 0.500. The predicted octanol–water partition coefficient (Wildman–Crippen LogP) is 2.81. The van der Waals surface area contributed by atoms with Gasteiger partial charge in [0.2, 0.25) is 5.91 Å². The average molecular weight is 359 g/mol. The fourth-order valence-electron chi connectivity index (χ4n) is 2.72. The van der Waals surface area contributed by atoms with Crippen LogP contribution in [0.15, 0.2) is 28.1 Å². The summed E-state index contributed by atoms with van der Waals surface area (Å²) >= 11 is 1.63. The maximum absolute atomic E-state index is 12.6. The molecule has 6 nitrogen and oxygen atoms in total. The largest absolute Gasteiger partial charge is 0.359 e. The molecule has 7 heteroatoms. The van der Waals surface area contributed by atoms with E-state index < -0.39 is 0 Å². The molecular weight excluding hydrogens is 338 g/mol. The van der Waals surface area contributed by atoms with Crippen LogP contribution in [-0.4, -0.2) is 28.4 Å². The minimum atomic E-state index is -0.208. The first-order valence-electron chi connectivity index (χ1n) is 8.74. The summed E-state index contributed by atoms with van der Waals surface area (Å²) in [5.74, 6) is 1.25. The number of hydrogen-bond acceptors (Lipinski definition) is 5. The highest BCUT2D eigenvalue weighted by molar-refractivity contribution is 7.09. The van der Waals surface area contributed by atoms with E-state index in [1.807, 2.05) is 17.5 Å². The van der Waals surface area contributed by atoms with Gasteiger partial charge in [0.25, 0.3) is 5.91 Å². The molecule has 2 amide bonds. The standard InChI is InChI=1S/C18H21N3O3S/c22-17(19-9-12-3-4-12)16-8-14(24-20-16)10-21(18(23)13-5-6-13)11-15-2-1-7-25-15/h1-2,7-8,12-13H,3-6,9-11H2,(H,19,22). The second-order valence-corrected chi connectivity index (χ2v) is 7.91. The molecule has 2 saturated carbocycles. The Kier molecular flexibility index (Phi) is 4.57. The number of hydrogen-bond donors (Lipinski definition) is 1. The number of amides is 2. The minimum Gasteiger partial charge on any atom is -0.359 e. The van der Waals surface area contributed by atoms with Gasteiger partial charge in [0.15, 0.2) is 11.5 Å². The van der Waals surface area contributed by atoms with Crippen molar-refractivity contribution in [3.05, 3.63) is 39.9 Å². The normalized spacial score (nSPS) is 16.6. The van der Waals surface area contributed by atoms with Crippen molar-refractivity contribution >= 4 is 23.2 Å². The third-order valence-corrected chi connectivity index (χ3v) is 5.41. The molecule has 0 spiro atoms. The van der Waals surface area contributed by atoms with Gasteiger partial charge in [-0.3, -0.25) is 9.59 Å². The van der Waals surface area contributed by atoms with Crippen LogP contribution in [-0.2, 0) is 17.9 Å². The molecule has 0 aromatic carbocycles. The summed E-state index contributed by atoms with van der Waals surface area (Å²) in [5.41, 5.74) is 0.283. The van der Waals surface area contributed by atoms with E-state index in [-0.39, 0.29) is 23.4 Å². The van der Waals surface area contributed by atoms with Crippen LogP contribution in [0.5, 0.6) is 0 Å². The molecule has 0 atom stereocenters. The highest BCUT2D eigenvalue weighted by atomic mass is 32.1. The molecule has 2 aliphatic carbocycles. The van der Waals surface area contributed by atoms with Crippen molar-refractivity contribution in [3.63, 3.8) is 0 Å². The molecule has 0 saturated heterocycles. The van der Waals surface area contributed by atoms with Gasteiger partial charge < -0.3 is 14.7 Å². The number of nitrogens with zero attached hydrogens (tertiary/aromatic N) is 2. The Labute approximate surface area is 150 Å². The monoisotopic (exact) mass is 359 g/mol. The molecular formula is C18H21N3O3S. The number of thiophene rings is 1. The molecule has 25 heavy (non-hydrogen) atoms. The summed E-state index contributed by atoms with van der Waals surface area (Å²) in [6, 6.07) is 5.65. The van der Waals surface area contributed by atoms with E-state index in [4.69, 9.17) is 4.52 Å². The Hall–Kier alpha value is -2.15. The SMILES string of the molecule is O=C(NCC1CC1)c1cc(CN(Cc2cccs2)C(=O)C2CC2)on1. The fourth-order valence-corrected chi connectivity index (χ4v) is 3.44. The second kappa shape index (κ2) is 7.00. The van der Waals surface area contributed by atoms with Crippen molar-refractivity contribution in [2.75, 3.05) is 6.54 Å². The van der Waals surface area contributed by atoms with Crippen molar-refractivity contribution in [1.29, 1.82) is 0 Å². The molecule has 4 rings (SSSR count). The van der Waals surface area contributed by atoms with Crippen LogP contribution in [0.4, 0.5) is 0 Å². The van der Waals surface area contributed by atoms with E-state index in [0.717, 1.165) is 17.7 Å². The van der Waals surface area contributed by atoms with Gasteiger partial charge in [0.05, 0.1) is 13.1 Å². The zero-order chi connectivity index (χ0) is 17.2. The Morgan fingerprint density at radius 1 is 1.28 bits per heavy atom. The van der Waals surface area contributed by atoms with Gasteiger partial charge in [0, 0.05) is 23.4 Å². The van der Waals surface area contributed by atoms with Crippen molar-refractivity contribution < 1.29 is 14.1 Å². The Morgan fingerprint density at radius 2 is 2.12 bits per heavy atom. The first-order chi connectivity index (χ1) is 12.2. The zero-order valence-electron chi connectivity index (χ0n) is 13.9. The summed E-state index contributed by atoms with van der Waals surface area (Å²) in [4.78, 5) is 27.6.